The van der Waals surface area contributed by atoms with Crippen molar-refractivity contribution in [2.45, 2.75) is 38.6 Å². The monoisotopic (exact) mass is 271 g/mol. The lowest BCUT2D eigenvalue weighted by Crippen LogP contribution is -2.49. The van der Waals surface area contributed by atoms with Gasteiger partial charge >= 0.3 is 12.0 Å². The first-order chi connectivity index (χ1) is 8.85. The Bertz CT molecular complexity index is 325. The summed E-state index contributed by atoms with van der Waals surface area (Å²) in [6.45, 7) is 2.88. The highest BCUT2D eigenvalue weighted by atomic mass is 16.4. The molecule has 0 aromatic carbocycles. The van der Waals surface area contributed by atoms with Gasteiger partial charge in [-0.1, -0.05) is 12.8 Å². The summed E-state index contributed by atoms with van der Waals surface area (Å²) in [5.41, 5.74) is -0.762. The quantitative estimate of drug-likeness (QED) is 0.670. The minimum Gasteiger partial charge on any atom is -0.481 e. The Morgan fingerprint density at radius 2 is 1.89 bits per heavy atom. The lowest BCUT2D eigenvalue weighted by Gasteiger charge is -2.25. The molecule has 0 spiro atoms. The van der Waals surface area contributed by atoms with Gasteiger partial charge in [-0.05, 0) is 33.9 Å². The lowest BCUT2D eigenvalue weighted by molar-refractivity contribution is -0.148. The fraction of sp³-hybridized carbons (Fsp3) is 0.846. The van der Waals surface area contributed by atoms with E-state index in [1.54, 1.807) is 0 Å². The number of amides is 2. The number of likely N-dealkylation sites (N-methyl/N-ethyl adjacent to an activating group) is 1. The molecule has 0 bridgehead atoms. The number of nitrogens with zero attached hydrogens (tertiary/aromatic N) is 1. The van der Waals surface area contributed by atoms with Crippen LogP contribution < -0.4 is 10.6 Å². The van der Waals surface area contributed by atoms with Crippen molar-refractivity contribution in [3.8, 4) is 0 Å². The molecule has 1 rings (SSSR count). The number of urea groups is 1. The molecule has 0 aromatic heterocycles. The topological polar surface area (TPSA) is 81.7 Å². The minimum absolute atomic E-state index is 0.0272. The molecule has 0 heterocycles. The molecule has 6 nitrogen and oxygen atoms in total. The Morgan fingerprint density at radius 1 is 1.32 bits per heavy atom. The summed E-state index contributed by atoms with van der Waals surface area (Å²) in [5, 5.41) is 14.8. The molecule has 0 aromatic rings. The molecule has 19 heavy (non-hydrogen) atoms. The lowest BCUT2D eigenvalue weighted by atomic mass is 9.86. The molecule has 3 N–H and O–H groups in total. The van der Waals surface area contributed by atoms with Crippen molar-refractivity contribution >= 4 is 12.0 Å². The summed E-state index contributed by atoms with van der Waals surface area (Å²) in [6.07, 6.45) is 3.14. The molecule has 1 unspecified atom stereocenters. The Balaban J connectivity index is 2.38. The third-order valence-electron chi connectivity index (χ3n) is 3.62. The normalized spacial score (nSPS) is 19.2. The predicted octanol–water partition coefficient (Wildman–Crippen LogP) is 0.881. The number of carboxylic acid groups (broad SMARTS) is 1. The van der Waals surface area contributed by atoms with E-state index in [0.29, 0.717) is 12.8 Å². The molecule has 1 saturated carbocycles. The van der Waals surface area contributed by atoms with Gasteiger partial charge in [0, 0.05) is 19.1 Å². The molecule has 1 aliphatic carbocycles. The average molecular weight is 271 g/mol. The standard InChI is InChI=1S/C13H25N3O3/c1-10(8-16(2)3)15-12(19)14-9-13(11(17)18)6-4-5-7-13/h10H,4-9H2,1-3H3,(H,17,18)(H2,14,15,19). The molecular formula is C13H25N3O3. The summed E-state index contributed by atoms with van der Waals surface area (Å²) in [4.78, 5) is 25.0. The van der Waals surface area contributed by atoms with E-state index in [1.807, 2.05) is 25.9 Å². The summed E-state index contributed by atoms with van der Waals surface area (Å²) < 4.78 is 0. The first-order valence-corrected chi connectivity index (χ1v) is 6.78. The van der Waals surface area contributed by atoms with Crippen LogP contribution >= 0.6 is 0 Å². The van der Waals surface area contributed by atoms with E-state index in [9.17, 15) is 14.7 Å². The van der Waals surface area contributed by atoms with Gasteiger partial charge in [0.2, 0.25) is 0 Å². The molecule has 110 valence electrons. The zero-order valence-corrected chi connectivity index (χ0v) is 12.0. The highest BCUT2D eigenvalue weighted by Gasteiger charge is 2.41. The summed E-state index contributed by atoms with van der Waals surface area (Å²) in [5.74, 6) is -0.799. The molecular weight excluding hydrogens is 246 g/mol. The van der Waals surface area contributed by atoms with Crippen LogP contribution in [0.3, 0.4) is 0 Å². The largest absolute Gasteiger partial charge is 0.481 e. The van der Waals surface area contributed by atoms with Crippen molar-refractivity contribution in [2.75, 3.05) is 27.2 Å². The van der Waals surface area contributed by atoms with Crippen LogP contribution in [0.1, 0.15) is 32.6 Å². The van der Waals surface area contributed by atoms with Gasteiger partial charge in [-0.3, -0.25) is 4.79 Å². The van der Waals surface area contributed by atoms with Crippen LogP contribution in [0, 0.1) is 5.41 Å². The summed E-state index contributed by atoms with van der Waals surface area (Å²) in [6, 6.07) is -0.263. The molecule has 1 fully saturated rings. The van der Waals surface area contributed by atoms with Crippen LogP contribution in [-0.4, -0.2) is 55.2 Å². The van der Waals surface area contributed by atoms with E-state index in [4.69, 9.17) is 0 Å². The molecule has 0 aliphatic heterocycles. The van der Waals surface area contributed by atoms with Crippen LogP contribution in [0.25, 0.3) is 0 Å². The van der Waals surface area contributed by atoms with Crippen molar-refractivity contribution in [1.82, 2.24) is 15.5 Å². The zero-order valence-electron chi connectivity index (χ0n) is 12.0. The maximum absolute atomic E-state index is 11.7. The van der Waals surface area contributed by atoms with Crippen LogP contribution in [0.4, 0.5) is 4.79 Å². The number of hydrogen-bond acceptors (Lipinski definition) is 3. The number of carbonyl (C=O) groups is 2. The zero-order chi connectivity index (χ0) is 14.5. The van der Waals surface area contributed by atoms with E-state index in [0.717, 1.165) is 19.4 Å². The van der Waals surface area contributed by atoms with Gasteiger partial charge in [-0.2, -0.15) is 0 Å². The van der Waals surface area contributed by atoms with Gasteiger partial charge in [0.15, 0.2) is 0 Å². The van der Waals surface area contributed by atoms with Gasteiger partial charge in [0.05, 0.1) is 5.41 Å². The van der Waals surface area contributed by atoms with Crippen LogP contribution in [0.2, 0.25) is 0 Å². The molecule has 1 atom stereocenters. The van der Waals surface area contributed by atoms with Crippen molar-refractivity contribution in [3.05, 3.63) is 0 Å². The fourth-order valence-corrected chi connectivity index (χ4v) is 2.64. The van der Waals surface area contributed by atoms with E-state index < -0.39 is 11.4 Å². The third-order valence-corrected chi connectivity index (χ3v) is 3.62. The van der Waals surface area contributed by atoms with Crippen molar-refractivity contribution in [1.29, 1.82) is 0 Å². The smallest absolute Gasteiger partial charge is 0.315 e. The average Bonchev–Trinajstić information content (AvgIpc) is 2.74. The molecule has 1 aliphatic rings. The van der Waals surface area contributed by atoms with E-state index in [-0.39, 0.29) is 18.6 Å². The Morgan fingerprint density at radius 3 is 2.37 bits per heavy atom. The van der Waals surface area contributed by atoms with E-state index >= 15 is 0 Å². The van der Waals surface area contributed by atoms with Crippen LogP contribution in [0.15, 0.2) is 0 Å². The van der Waals surface area contributed by atoms with Gasteiger partial charge in [0.1, 0.15) is 0 Å². The van der Waals surface area contributed by atoms with Gasteiger partial charge in [0.25, 0.3) is 0 Å². The summed E-state index contributed by atoms with van der Waals surface area (Å²) in [7, 11) is 3.88. The maximum atomic E-state index is 11.7. The number of nitrogens with one attached hydrogen (secondary N) is 2. The SMILES string of the molecule is CC(CN(C)C)NC(=O)NCC1(C(=O)O)CCCC1. The highest BCUT2D eigenvalue weighted by molar-refractivity contribution is 5.78. The van der Waals surface area contributed by atoms with Gasteiger partial charge < -0.3 is 20.6 Å². The minimum atomic E-state index is -0.799. The maximum Gasteiger partial charge on any atom is 0.315 e. The molecule has 6 heteroatoms. The highest BCUT2D eigenvalue weighted by Crippen LogP contribution is 2.37. The summed E-state index contributed by atoms with van der Waals surface area (Å²) >= 11 is 0. The first kappa shape index (κ1) is 15.8. The van der Waals surface area contributed by atoms with E-state index in [2.05, 4.69) is 10.6 Å². The Kier molecular flexibility index (Phi) is 5.60. The van der Waals surface area contributed by atoms with Crippen molar-refractivity contribution in [3.63, 3.8) is 0 Å². The van der Waals surface area contributed by atoms with Crippen molar-refractivity contribution in [2.24, 2.45) is 5.41 Å². The predicted molar refractivity (Wildman–Crippen MR) is 73.1 cm³/mol. The number of aliphatic carboxylic acids is 1. The Labute approximate surface area is 114 Å². The second kappa shape index (κ2) is 6.75. The van der Waals surface area contributed by atoms with Crippen LogP contribution in [-0.2, 0) is 4.79 Å². The second-order valence-electron chi connectivity index (χ2n) is 5.78. The van der Waals surface area contributed by atoms with Gasteiger partial charge in [-0.15, -0.1) is 0 Å². The molecule has 0 saturated heterocycles. The molecule has 2 amide bonds. The van der Waals surface area contributed by atoms with Gasteiger partial charge in [-0.25, -0.2) is 4.79 Å². The molecule has 0 radical (unpaired) electrons. The third kappa shape index (κ3) is 4.70. The number of carboxylic acids is 1. The number of rotatable bonds is 6. The van der Waals surface area contributed by atoms with Crippen LogP contribution in [0.5, 0.6) is 0 Å². The number of carbonyl (C=O) groups excluding carboxylic acids is 1. The van der Waals surface area contributed by atoms with E-state index in [1.165, 1.54) is 0 Å². The second-order valence-corrected chi connectivity index (χ2v) is 5.78. The Hall–Kier alpha value is -1.30. The van der Waals surface area contributed by atoms with Crippen molar-refractivity contribution < 1.29 is 14.7 Å². The number of hydrogen-bond donors (Lipinski definition) is 3. The first-order valence-electron chi connectivity index (χ1n) is 6.78. The fourth-order valence-electron chi connectivity index (χ4n) is 2.64.